The van der Waals surface area contributed by atoms with Crippen molar-refractivity contribution in [2.45, 2.75) is 31.3 Å². The highest BCUT2D eigenvalue weighted by molar-refractivity contribution is 5.70. The first-order valence-corrected chi connectivity index (χ1v) is 6.09. The molecule has 1 saturated heterocycles. The Hall–Kier alpha value is -2.26. The summed E-state index contributed by atoms with van der Waals surface area (Å²) >= 11 is 0. The second-order valence-electron chi connectivity index (χ2n) is 4.61. The minimum absolute atomic E-state index is 0.0211. The predicted octanol–water partition coefficient (Wildman–Crippen LogP) is -1.06. The number of anilines is 1. The summed E-state index contributed by atoms with van der Waals surface area (Å²) in [7, 11) is 0. The van der Waals surface area contributed by atoms with Gasteiger partial charge in [0.05, 0.1) is 18.5 Å². The molecule has 0 bridgehead atoms. The van der Waals surface area contributed by atoms with E-state index in [-0.39, 0.29) is 23.5 Å². The van der Waals surface area contributed by atoms with Gasteiger partial charge in [0.25, 0.3) is 5.56 Å². The van der Waals surface area contributed by atoms with Crippen molar-refractivity contribution in [2.75, 3.05) is 5.73 Å². The zero-order valence-electron chi connectivity index (χ0n) is 10.4. The summed E-state index contributed by atoms with van der Waals surface area (Å²) in [6.07, 6.45) is 0.666. The Morgan fingerprint density at radius 3 is 3.20 bits per heavy atom. The predicted molar refractivity (Wildman–Crippen MR) is 67.8 cm³/mol. The van der Waals surface area contributed by atoms with Crippen LogP contribution in [0.2, 0.25) is 0 Å². The molecule has 0 radical (unpaired) electrons. The van der Waals surface area contributed by atoms with Crippen LogP contribution < -0.4 is 11.3 Å². The highest BCUT2D eigenvalue weighted by Gasteiger charge is 2.35. The maximum Gasteiger partial charge on any atom is 0.280 e. The smallest absolute Gasteiger partial charge is 0.280 e. The van der Waals surface area contributed by atoms with Gasteiger partial charge in [-0.05, 0) is 0 Å². The van der Waals surface area contributed by atoms with Crippen molar-refractivity contribution in [3.05, 3.63) is 16.7 Å². The van der Waals surface area contributed by atoms with Crippen molar-refractivity contribution >= 4 is 23.4 Å². The number of aliphatic hydroxyl groups excluding tert-OH is 1. The van der Waals surface area contributed by atoms with Gasteiger partial charge >= 0.3 is 0 Å². The number of nitrogens with one attached hydrogen (secondary N) is 1. The highest BCUT2D eigenvalue weighted by Crippen LogP contribution is 2.31. The molecule has 0 spiro atoms. The SMILES string of the molecule is Nc1nc2c(ncn2C2CC(O)C(CC=O)O2)c(=O)[nH]1. The number of carbonyl (C=O) groups excluding carboxylic acids is 1. The van der Waals surface area contributed by atoms with Crippen LogP contribution in [0.25, 0.3) is 11.2 Å². The summed E-state index contributed by atoms with van der Waals surface area (Å²) in [5, 5.41) is 9.84. The molecule has 9 nitrogen and oxygen atoms in total. The van der Waals surface area contributed by atoms with Gasteiger partial charge < -0.3 is 20.4 Å². The van der Waals surface area contributed by atoms with Crippen molar-refractivity contribution < 1.29 is 14.6 Å². The van der Waals surface area contributed by atoms with Gasteiger partial charge in [-0.25, -0.2) is 4.98 Å². The molecule has 0 aliphatic carbocycles. The summed E-state index contributed by atoms with van der Waals surface area (Å²) in [4.78, 5) is 32.5. The zero-order chi connectivity index (χ0) is 14.3. The van der Waals surface area contributed by atoms with Gasteiger partial charge in [-0.2, -0.15) is 4.98 Å². The summed E-state index contributed by atoms with van der Waals surface area (Å²) in [6.45, 7) is 0. The molecule has 0 saturated carbocycles. The molecule has 1 fully saturated rings. The number of nitrogens with two attached hydrogens (primary N) is 1. The van der Waals surface area contributed by atoms with E-state index in [0.29, 0.717) is 12.7 Å². The van der Waals surface area contributed by atoms with Crippen molar-refractivity contribution in [3.63, 3.8) is 0 Å². The van der Waals surface area contributed by atoms with Crippen LogP contribution in [0.1, 0.15) is 19.1 Å². The molecule has 3 atom stereocenters. The van der Waals surface area contributed by atoms with E-state index in [9.17, 15) is 14.7 Å². The molecule has 1 aliphatic heterocycles. The Bertz CT molecular complexity index is 708. The molecule has 3 rings (SSSR count). The first kappa shape index (κ1) is 12.8. The van der Waals surface area contributed by atoms with Gasteiger partial charge in [-0.15, -0.1) is 0 Å². The largest absolute Gasteiger partial charge is 0.390 e. The van der Waals surface area contributed by atoms with E-state index in [1.807, 2.05) is 0 Å². The summed E-state index contributed by atoms with van der Waals surface area (Å²) in [5.41, 5.74) is 5.51. The molecule has 1 aliphatic rings. The number of aromatic nitrogens is 4. The van der Waals surface area contributed by atoms with E-state index in [1.54, 1.807) is 0 Å². The Morgan fingerprint density at radius 2 is 2.45 bits per heavy atom. The van der Waals surface area contributed by atoms with Crippen LogP contribution >= 0.6 is 0 Å². The molecule has 0 aromatic carbocycles. The molecule has 20 heavy (non-hydrogen) atoms. The maximum atomic E-state index is 11.7. The number of hydrogen-bond acceptors (Lipinski definition) is 7. The lowest BCUT2D eigenvalue weighted by atomic mass is 10.1. The Morgan fingerprint density at radius 1 is 1.65 bits per heavy atom. The van der Waals surface area contributed by atoms with E-state index < -0.39 is 24.0 Å². The van der Waals surface area contributed by atoms with Crippen LogP contribution in [-0.4, -0.2) is 43.1 Å². The number of aromatic amines is 1. The van der Waals surface area contributed by atoms with Gasteiger partial charge in [0.1, 0.15) is 12.5 Å². The van der Waals surface area contributed by atoms with Crippen molar-refractivity contribution in [1.29, 1.82) is 0 Å². The lowest BCUT2D eigenvalue weighted by Gasteiger charge is -2.13. The standard InChI is InChI=1S/C11H13N5O4/c12-11-14-9-8(10(19)15-11)13-4-16(9)7-3-5(18)6(20-7)1-2-17/h2,4-7,18H,1,3H2,(H3,12,14,15,19). The monoisotopic (exact) mass is 279 g/mol. The average molecular weight is 279 g/mol. The Kier molecular flexibility index (Phi) is 2.99. The molecule has 0 amide bonds. The van der Waals surface area contributed by atoms with Crippen LogP contribution in [-0.2, 0) is 9.53 Å². The van der Waals surface area contributed by atoms with Crippen LogP contribution in [0.4, 0.5) is 5.95 Å². The Balaban J connectivity index is 1.99. The molecular weight excluding hydrogens is 266 g/mol. The maximum absolute atomic E-state index is 11.7. The molecule has 106 valence electrons. The molecule has 3 unspecified atom stereocenters. The highest BCUT2D eigenvalue weighted by atomic mass is 16.5. The Labute approximate surface area is 112 Å². The number of hydrogen-bond donors (Lipinski definition) is 3. The van der Waals surface area contributed by atoms with Gasteiger partial charge in [0.2, 0.25) is 5.95 Å². The van der Waals surface area contributed by atoms with E-state index in [2.05, 4.69) is 15.0 Å². The topological polar surface area (TPSA) is 136 Å². The zero-order valence-corrected chi connectivity index (χ0v) is 10.4. The van der Waals surface area contributed by atoms with Crippen LogP contribution in [0.15, 0.2) is 11.1 Å². The fourth-order valence-corrected chi connectivity index (χ4v) is 2.35. The van der Waals surface area contributed by atoms with Crippen molar-refractivity contribution in [1.82, 2.24) is 19.5 Å². The number of aldehydes is 1. The van der Waals surface area contributed by atoms with Gasteiger partial charge in [-0.1, -0.05) is 0 Å². The number of nitrogens with zero attached hydrogens (tertiary/aromatic N) is 3. The number of carbonyl (C=O) groups is 1. The number of rotatable bonds is 3. The number of nitrogen functional groups attached to an aromatic ring is 1. The van der Waals surface area contributed by atoms with E-state index >= 15 is 0 Å². The van der Waals surface area contributed by atoms with Gasteiger partial charge in [-0.3, -0.25) is 14.3 Å². The van der Waals surface area contributed by atoms with Crippen molar-refractivity contribution in [2.24, 2.45) is 0 Å². The minimum Gasteiger partial charge on any atom is -0.390 e. The molecule has 9 heteroatoms. The lowest BCUT2D eigenvalue weighted by Crippen LogP contribution is -2.20. The molecular formula is C11H13N5O4. The average Bonchev–Trinajstić information content (AvgIpc) is 2.94. The third kappa shape index (κ3) is 1.96. The molecule has 2 aromatic heterocycles. The first-order valence-electron chi connectivity index (χ1n) is 6.09. The summed E-state index contributed by atoms with van der Waals surface area (Å²) < 4.78 is 7.13. The van der Waals surface area contributed by atoms with E-state index in [1.165, 1.54) is 10.9 Å². The van der Waals surface area contributed by atoms with Crippen molar-refractivity contribution in [3.8, 4) is 0 Å². The minimum atomic E-state index is -0.748. The molecule has 2 aromatic rings. The third-order valence-corrected chi connectivity index (χ3v) is 3.29. The fraction of sp³-hybridized carbons (Fsp3) is 0.455. The lowest BCUT2D eigenvalue weighted by molar-refractivity contribution is -0.112. The molecule has 3 heterocycles. The fourth-order valence-electron chi connectivity index (χ4n) is 2.35. The molecule has 4 N–H and O–H groups in total. The van der Waals surface area contributed by atoms with Crippen LogP contribution in [0.3, 0.4) is 0 Å². The second-order valence-corrected chi connectivity index (χ2v) is 4.61. The number of fused-ring (bicyclic) bond motifs is 1. The van der Waals surface area contributed by atoms with E-state index in [0.717, 1.165) is 0 Å². The van der Waals surface area contributed by atoms with Crippen LogP contribution in [0.5, 0.6) is 0 Å². The number of imidazole rings is 1. The van der Waals surface area contributed by atoms with Crippen LogP contribution in [0, 0.1) is 0 Å². The normalized spacial score (nSPS) is 26.1. The number of H-pyrrole nitrogens is 1. The number of aliphatic hydroxyl groups is 1. The summed E-state index contributed by atoms with van der Waals surface area (Å²) in [6, 6.07) is 0. The van der Waals surface area contributed by atoms with Gasteiger partial charge in [0, 0.05) is 12.8 Å². The first-order chi connectivity index (χ1) is 9.60. The second kappa shape index (κ2) is 4.69. The van der Waals surface area contributed by atoms with E-state index in [4.69, 9.17) is 10.5 Å². The third-order valence-electron chi connectivity index (χ3n) is 3.29. The number of ether oxygens (including phenoxy) is 1. The quantitative estimate of drug-likeness (QED) is 0.609. The van der Waals surface area contributed by atoms with Gasteiger partial charge in [0.15, 0.2) is 11.2 Å². The summed E-state index contributed by atoms with van der Waals surface area (Å²) in [5.74, 6) is -0.0211.